The van der Waals surface area contributed by atoms with Crippen molar-refractivity contribution in [3.8, 4) is 0 Å². The number of hydrogen-bond acceptors (Lipinski definition) is 0. The fourth-order valence-electron chi connectivity index (χ4n) is 3.90. The summed E-state index contributed by atoms with van der Waals surface area (Å²) in [5.74, 6) is 0. The van der Waals surface area contributed by atoms with Crippen LogP contribution in [-0.2, 0) is 0 Å². The van der Waals surface area contributed by atoms with Crippen LogP contribution < -0.4 is 0 Å². The van der Waals surface area contributed by atoms with Gasteiger partial charge in [0, 0.05) is 0 Å². The van der Waals surface area contributed by atoms with E-state index in [1.54, 1.807) is 0 Å². The molecule has 0 bridgehead atoms. The van der Waals surface area contributed by atoms with E-state index < -0.39 is 48.4 Å². The molecule has 0 N–H and O–H groups in total. The van der Waals surface area contributed by atoms with Gasteiger partial charge in [0.1, 0.15) is 0 Å². The molecule has 0 aliphatic rings. The van der Waals surface area contributed by atoms with Gasteiger partial charge in [-0.05, 0) is 0 Å². The summed E-state index contributed by atoms with van der Waals surface area (Å²) >= 11 is 0. The van der Waals surface area contributed by atoms with Gasteiger partial charge in [-0.25, -0.2) is 0 Å². The molecule has 7 heteroatoms. The number of hydrogen-bond donors (Lipinski definition) is 0. The second-order valence-corrected chi connectivity index (χ2v) is 46.5. The molecule has 0 aliphatic carbocycles. The molecule has 0 spiro atoms. The van der Waals surface area contributed by atoms with Gasteiger partial charge in [0.15, 0.2) is 0 Å². The maximum atomic E-state index is 2.65. The van der Waals surface area contributed by atoms with Gasteiger partial charge < -0.3 is 17.0 Å². The first kappa shape index (κ1) is 37.8. The second-order valence-electron chi connectivity index (χ2n) is 14.6. The van der Waals surface area contributed by atoms with Gasteiger partial charge in [0.05, 0.1) is 0 Å². The first-order chi connectivity index (χ1) is 11.1. The molecule has 0 saturated carbocycles. The Morgan fingerprint density at radius 2 is 0.321 bits per heavy atom. The molecule has 177 valence electrons. The van der Waals surface area contributed by atoms with E-state index in [1.165, 1.54) is 0 Å². The standard InChI is InChI=1S/3C7H19Si2.Er/c3*1-8(2,3)7-9(4,5)6;/h3*7H,1-6H3;/q3*-1;+3. The van der Waals surface area contributed by atoms with Crippen LogP contribution in [0.1, 0.15) is 0 Å². The van der Waals surface area contributed by atoms with E-state index >= 15 is 0 Å². The fraction of sp³-hybridized carbons (Fsp3) is 0.857. The van der Waals surface area contributed by atoms with Crippen molar-refractivity contribution in [1.82, 2.24) is 0 Å². The average Bonchev–Trinajstić information content (AvgIpc) is 1.96. The minimum atomic E-state index is -0.856. The van der Waals surface area contributed by atoms with E-state index in [9.17, 15) is 0 Å². The second kappa shape index (κ2) is 14.0. The molecular formula is C21H57ErSi6. The Morgan fingerprint density at radius 1 is 0.250 bits per heavy atom. The molecule has 0 heterocycles. The third-order valence-corrected chi connectivity index (χ3v) is 23.4. The van der Waals surface area contributed by atoms with Gasteiger partial charge >= 0.3 is 37.3 Å². The Morgan fingerprint density at radius 3 is 0.321 bits per heavy atom. The summed E-state index contributed by atoms with van der Waals surface area (Å²) in [4.78, 5) is 0. The van der Waals surface area contributed by atoms with Crippen LogP contribution in [-0.4, -0.2) is 48.4 Å². The van der Waals surface area contributed by atoms with Crippen LogP contribution in [0.15, 0.2) is 0 Å². The Balaban J connectivity index is -0.000000152. The Labute approximate surface area is 218 Å². The van der Waals surface area contributed by atoms with Crippen molar-refractivity contribution in [3.63, 3.8) is 0 Å². The Hall–Kier alpha value is 2.55. The van der Waals surface area contributed by atoms with E-state index in [0.717, 1.165) is 0 Å². The zero-order valence-corrected chi connectivity index (χ0v) is 30.9. The molecular weight excluding hydrogens is 588 g/mol. The van der Waals surface area contributed by atoms with Gasteiger partial charge in [-0.3, -0.25) is 0 Å². The smallest absolute Gasteiger partial charge is 0.327 e. The Kier molecular flexibility index (Phi) is 18.9. The molecule has 0 amide bonds. The van der Waals surface area contributed by atoms with Crippen molar-refractivity contribution in [2.24, 2.45) is 0 Å². The molecule has 1 radical (unpaired) electrons. The molecule has 0 atom stereocenters. The van der Waals surface area contributed by atoms with E-state index in [4.69, 9.17) is 0 Å². The zero-order valence-electron chi connectivity index (χ0n) is 23.0. The van der Waals surface area contributed by atoms with Crippen LogP contribution in [0.2, 0.25) is 118 Å². The summed E-state index contributed by atoms with van der Waals surface area (Å²) in [7, 11) is -5.14. The minimum absolute atomic E-state index is 0. The van der Waals surface area contributed by atoms with Crippen molar-refractivity contribution in [3.05, 3.63) is 17.0 Å². The third kappa shape index (κ3) is 51.3. The van der Waals surface area contributed by atoms with Crippen molar-refractivity contribution in [1.29, 1.82) is 0 Å². The van der Waals surface area contributed by atoms with Crippen LogP contribution in [0.4, 0.5) is 0 Å². The van der Waals surface area contributed by atoms with Crippen molar-refractivity contribution in [2.45, 2.75) is 118 Å². The molecule has 0 unspecified atom stereocenters. The Bertz CT molecular complexity index is 284. The van der Waals surface area contributed by atoms with Crippen LogP contribution in [0.25, 0.3) is 0 Å². The summed E-state index contributed by atoms with van der Waals surface area (Å²) in [5.41, 5.74) is 7.96. The van der Waals surface area contributed by atoms with E-state index in [1.807, 2.05) is 0 Å². The quantitative estimate of drug-likeness (QED) is 0.200. The minimum Gasteiger partial charge on any atom is -0.327 e. The molecule has 0 aromatic heterocycles. The fourth-order valence-corrected chi connectivity index (χ4v) is 35.1. The molecule has 0 saturated heterocycles. The van der Waals surface area contributed by atoms with Crippen LogP contribution in [0.3, 0.4) is 0 Å². The molecule has 0 aromatic carbocycles. The van der Waals surface area contributed by atoms with Crippen molar-refractivity contribution < 1.29 is 37.3 Å². The van der Waals surface area contributed by atoms with Crippen molar-refractivity contribution >= 4 is 48.4 Å². The monoisotopic (exact) mass is 643 g/mol. The zero-order chi connectivity index (χ0) is 23.1. The maximum Gasteiger partial charge on any atom is 3.00 e. The first-order valence-corrected chi connectivity index (χ1v) is 32.2. The average molecular weight is 645 g/mol. The summed E-state index contributed by atoms with van der Waals surface area (Å²) in [6.45, 7) is 43.3. The van der Waals surface area contributed by atoms with Gasteiger partial charge in [-0.15, -0.1) is 48.4 Å². The molecule has 28 heavy (non-hydrogen) atoms. The van der Waals surface area contributed by atoms with Crippen LogP contribution in [0.5, 0.6) is 0 Å². The summed E-state index contributed by atoms with van der Waals surface area (Å²) in [6, 6.07) is 0. The largest absolute Gasteiger partial charge is 3.00 e. The molecule has 0 nitrogen and oxygen atoms in total. The normalized spacial score (nSPS) is 13.5. The predicted octanol–water partition coefficient (Wildman–Crippen LogP) is 8.84. The molecule has 0 aromatic rings. The van der Waals surface area contributed by atoms with Gasteiger partial charge in [0.25, 0.3) is 0 Å². The molecule has 0 rings (SSSR count). The SMILES string of the molecule is C[Si](C)(C)[CH-][Si](C)(C)C.C[Si](C)(C)[CH-][Si](C)(C)C.C[Si](C)(C)[CH-][Si](C)(C)C.[Er+3]. The van der Waals surface area contributed by atoms with Gasteiger partial charge in [-0.1, -0.05) is 118 Å². The first-order valence-electron chi connectivity index (χ1n) is 10.7. The van der Waals surface area contributed by atoms with Crippen LogP contribution >= 0.6 is 0 Å². The summed E-state index contributed by atoms with van der Waals surface area (Å²) < 4.78 is 0. The third-order valence-electron chi connectivity index (χ3n) is 2.60. The van der Waals surface area contributed by atoms with Crippen LogP contribution in [0, 0.1) is 54.3 Å². The number of rotatable bonds is 6. The van der Waals surface area contributed by atoms with E-state index in [2.05, 4.69) is 135 Å². The topological polar surface area (TPSA) is 0 Å². The maximum absolute atomic E-state index is 2.65. The summed E-state index contributed by atoms with van der Waals surface area (Å²) in [5, 5.41) is 0. The summed E-state index contributed by atoms with van der Waals surface area (Å²) in [6.07, 6.45) is 0. The van der Waals surface area contributed by atoms with E-state index in [0.29, 0.717) is 0 Å². The molecule has 0 fully saturated rings. The predicted molar refractivity (Wildman–Crippen MR) is 153 cm³/mol. The van der Waals surface area contributed by atoms with Gasteiger partial charge in [0.2, 0.25) is 0 Å². The van der Waals surface area contributed by atoms with Gasteiger partial charge in [-0.2, -0.15) is 0 Å². The van der Waals surface area contributed by atoms with E-state index in [-0.39, 0.29) is 37.3 Å². The molecule has 0 aliphatic heterocycles. The van der Waals surface area contributed by atoms with Crippen molar-refractivity contribution in [2.75, 3.05) is 0 Å².